The molecule has 0 aliphatic carbocycles. The van der Waals surface area contributed by atoms with Gasteiger partial charge in [-0.15, -0.1) is 0 Å². The van der Waals surface area contributed by atoms with Crippen molar-refractivity contribution in [3.63, 3.8) is 0 Å². The quantitative estimate of drug-likeness (QED) is 0.0938. The molecule has 5 rings (SSSR count). The Morgan fingerprint density at radius 1 is 0.655 bits per heavy atom. The number of aliphatic hydroxyl groups excluding tert-OH is 6. The molecule has 2 aromatic carbocycles. The molecule has 15 atom stereocenters. The molecule has 55 heavy (non-hydrogen) atoms. The van der Waals surface area contributed by atoms with Crippen molar-refractivity contribution in [2.45, 2.75) is 92.8 Å². The number of phenols is 2. The van der Waals surface area contributed by atoms with E-state index in [4.69, 9.17) is 43.6 Å². The Balaban J connectivity index is 1.46. The number of aliphatic hydroxyl groups is 6. The van der Waals surface area contributed by atoms with Gasteiger partial charge in [0.25, 0.3) is 0 Å². The van der Waals surface area contributed by atoms with Crippen LogP contribution in [0.4, 0.5) is 0 Å². The Morgan fingerprint density at radius 2 is 1.09 bits per heavy atom. The van der Waals surface area contributed by atoms with Gasteiger partial charge >= 0.3 is 0 Å². The number of nitrogens with two attached hydrogens (primary N) is 1. The predicted octanol–water partition coefficient (Wildman–Crippen LogP) is -2.00. The van der Waals surface area contributed by atoms with Gasteiger partial charge in [0.15, 0.2) is 41.9 Å². The van der Waals surface area contributed by atoms with Gasteiger partial charge in [-0.25, -0.2) is 0 Å². The molecule has 0 spiro atoms. The van der Waals surface area contributed by atoms with Crippen molar-refractivity contribution in [3.8, 4) is 23.0 Å². The van der Waals surface area contributed by atoms with Crippen molar-refractivity contribution in [2.75, 3.05) is 41.2 Å². The highest BCUT2D eigenvalue weighted by molar-refractivity contribution is 5.81. The predicted molar refractivity (Wildman–Crippen MR) is 191 cm³/mol. The third kappa shape index (κ3) is 9.37. The van der Waals surface area contributed by atoms with Crippen molar-refractivity contribution in [2.24, 2.45) is 21.6 Å². The first-order valence-corrected chi connectivity index (χ1v) is 17.6. The van der Waals surface area contributed by atoms with Gasteiger partial charge in [-0.3, -0.25) is 9.98 Å². The van der Waals surface area contributed by atoms with Crippen molar-refractivity contribution in [1.29, 1.82) is 0 Å². The minimum absolute atomic E-state index is 0.0874. The van der Waals surface area contributed by atoms with E-state index in [0.717, 1.165) is 0 Å². The van der Waals surface area contributed by atoms with Gasteiger partial charge in [-0.05, 0) is 47.5 Å². The fourth-order valence-corrected chi connectivity index (χ4v) is 6.72. The van der Waals surface area contributed by atoms with Crippen molar-refractivity contribution in [1.82, 2.24) is 0 Å². The third-order valence-electron chi connectivity index (χ3n) is 9.98. The van der Waals surface area contributed by atoms with Crippen LogP contribution in [-0.2, 0) is 28.4 Å². The fourth-order valence-electron chi connectivity index (χ4n) is 6.72. The van der Waals surface area contributed by atoms with Gasteiger partial charge in [0.1, 0.15) is 48.7 Å². The van der Waals surface area contributed by atoms with E-state index in [1.807, 2.05) is 0 Å². The van der Waals surface area contributed by atoms with E-state index in [0.29, 0.717) is 11.1 Å². The van der Waals surface area contributed by atoms with Crippen LogP contribution in [0, 0.1) is 5.92 Å². The summed E-state index contributed by atoms with van der Waals surface area (Å²) in [5.74, 6) is -0.421. The van der Waals surface area contributed by atoms with Crippen LogP contribution in [0.3, 0.4) is 0 Å². The lowest BCUT2D eigenvalue weighted by Gasteiger charge is -2.48. The van der Waals surface area contributed by atoms with Gasteiger partial charge in [-0.2, -0.15) is 0 Å². The summed E-state index contributed by atoms with van der Waals surface area (Å²) >= 11 is 0. The van der Waals surface area contributed by atoms with Crippen LogP contribution in [-0.4, -0.2) is 180 Å². The van der Waals surface area contributed by atoms with E-state index in [-0.39, 0.29) is 23.0 Å². The molecule has 3 fully saturated rings. The number of methoxy groups -OCH3 is 3. The monoisotopic (exact) mass is 781 g/mol. The Bertz CT molecular complexity index is 1600. The second-order valence-electron chi connectivity index (χ2n) is 13.4. The molecule has 0 aromatic heterocycles. The molecule has 0 radical (unpaired) electrons. The molecule has 15 unspecified atom stereocenters. The molecular weight excluding hydrogens is 730 g/mol. The first kappa shape index (κ1) is 42.6. The Kier molecular flexibility index (Phi) is 14.8. The highest BCUT2D eigenvalue weighted by Crippen LogP contribution is 2.35. The molecule has 10 N–H and O–H groups in total. The maximum absolute atomic E-state index is 11.9. The number of ether oxygens (including phenoxy) is 8. The second-order valence-corrected chi connectivity index (χ2v) is 13.4. The summed E-state index contributed by atoms with van der Waals surface area (Å²) in [6, 6.07) is 5.27. The number of rotatable bonds is 14. The number of hydrogen-bond acceptors (Lipinski definition) is 19. The highest BCUT2D eigenvalue weighted by Gasteiger charge is 2.53. The van der Waals surface area contributed by atoms with E-state index in [9.17, 15) is 40.9 Å². The summed E-state index contributed by atoms with van der Waals surface area (Å²) < 4.78 is 46.1. The minimum atomic E-state index is -1.63. The van der Waals surface area contributed by atoms with Gasteiger partial charge in [-0.1, -0.05) is 6.92 Å². The maximum atomic E-state index is 11.9. The van der Waals surface area contributed by atoms with Crippen LogP contribution < -0.4 is 15.2 Å². The summed E-state index contributed by atoms with van der Waals surface area (Å²) in [7, 11) is 4.09. The SMILES string of the molecule is COc1cc(C=NC2C(OC3C(CO)OC(OC)C(N=Cc4ccc(O)c(OC)c4)C3O)OC(CO)C(OC3OC(CO)C(C)C(O)C3N)C2O)ccc1O. The first-order valence-electron chi connectivity index (χ1n) is 17.6. The molecule has 0 saturated carbocycles. The molecule has 19 nitrogen and oxygen atoms in total. The average Bonchev–Trinajstić information content (AvgIpc) is 3.19. The number of benzene rings is 2. The molecule has 306 valence electrons. The lowest BCUT2D eigenvalue weighted by Crippen LogP contribution is -2.66. The topological polar surface area (TPSA) is 286 Å². The fraction of sp³-hybridized carbons (Fsp3) is 0.611. The Morgan fingerprint density at radius 3 is 1.55 bits per heavy atom. The van der Waals surface area contributed by atoms with Crippen LogP contribution in [0.2, 0.25) is 0 Å². The van der Waals surface area contributed by atoms with Gasteiger partial charge < -0.3 is 84.5 Å². The zero-order chi connectivity index (χ0) is 40.0. The van der Waals surface area contributed by atoms with Crippen LogP contribution in [0.5, 0.6) is 23.0 Å². The average molecular weight is 782 g/mol. The Hall–Kier alpha value is -3.54. The summed E-state index contributed by atoms with van der Waals surface area (Å²) in [6.07, 6.45) is -11.8. The molecule has 19 heteroatoms. The standard InChI is InChI=1S/C36H51N3O16/c1-16-23(13-40)51-34(26(37)29(16)45)54-32-25(15-42)53-36(28(31(32)47)39-12-18-6-8-20(44)22(10-18)49-3)55-33-24(14-41)52-35(50-4)27(30(33)46)38-11-17-5-7-19(43)21(9-17)48-2/h5-12,16,23-36,40-47H,13-15,37H2,1-4H3. The van der Waals surface area contributed by atoms with Crippen LogP contribution in [0.15, 0.2) is 46.4 Å². The number of phenolic OH excluding ortho intramolecular Hbond substituents is 2. The van der Waals surface area contributed by atoms with Crippen LogP contribution in [0.1, 0.15) is 18.1 Å². The highest BCUT2D eigenvalue weighted by atomic mass is 16.7. The zero-order valence-electron chi connectivity index (χ0n) is 30.7. The van der Waals surface area contributed by atoms with Crippen LogP contribution in [0.25, 0.3) is 0 Å². The summed E-state index contributed by atoms with van der Waals surface area (Å²) in [6.45, 7) is -0.172. The summed E-state index contributed by atoms with van der Waals surface area (Å²) in [5, 5.41) is 85.1. The lowest BCUT2D eigenvalue weighted by molar-refractivity contribution is -0.346. The normalized spacial score (nSPS) is 37.0. The largest absolute Gasteiger partial charge is 0.504 e. The third-order valence-corrected chi connectivity index (χ3v) is 9.98. The smallest absolute Gasteiger partial charge is 0.183 e. The molecule has 0 amide bonds. The minimum Gasteiger partial charge on any atom is -0.504 e. The van der Waals surface area contributed by atoms with Crippen LogP contribution >= 0.6 is 0 Å². The van der Waals surface area contributed by atoms with Crippen molar-refractivity contribution in [3.05, 3.63) is 47.5 Å². The van der Waals surface area contributed by atoms with E-state index in [1.165, 1.54) is 64.1 Å². The molecule has 3 aliphatic rings. The second kappa shape index (κ2) is 19.1. The first-order chi connectivity index (χ1) is 26.4. The van der Waals surface area contributed by atoms with Crippen molar-refractivity contribution >= 4 is 12.4 Å². The summed E-state index contributed by atoms with van der Waals surface area (Å²) in [5.41, 5.74) is 7.18. The Labute approximate surface area is 317 Å². The molecule has 2 aromatic rings. The lowest BCUT2D eigenvalue weighted by atomic mass is 9.89. The zero-order valence-corrected chi connectivity index (χ0v) is 30.7. The van der Waals surface area contributed by atoms with E-state index in [1.54, 1.807) is 13.0 Å². The van der Waals surface area contributed by atoms with E-state index >= 15 is 0 Å². The van der Waals surface area contributed by atoms with E-state index < -0.39 is 112 Å². The van der Waals surface area contributed by atoms with Gasteiger partial charge in [0.2, 0.25) is 0 Å². The number of aromatic hydroxyl groups is 2. The van der Waals surface area contributed by atoms with Crippen molar-refractivity contribution < 1.29 is 78.7 Å². The molecule has 3 aliphatic heterocycles. The molecule has 0 bridgehead atoms. The van der Waals surface area contributed by atoms with Gasteiger partial charge in [0, 0.05) is 25.5 Å². The van der Waals surface area contributed by atoms with E-state index in [2.05, 4.69) is 9.98 Å². The van der Waals surface area contributed by atoms with Gasteiger partial charge in [0.05, 0.1) is 52.3 Å². The number of hydrogen-bond donors (Lipinski definition) is 9. The number of aliphatic imine (C=N–C) groups is 2. The molecule has 3 saturated heterocycles. The maximum Gasteiger partial charge on any atom is 0.183 e. The summed E-state index contributed by atoms with van der Waals surface area (Å²) in [4.78, 5) is 9.02. The molecule has 3 heterocycles. The molecular formula is C36H51N3O16. The number of nitrogens with zero attached hydrogens (tertiary/aromatic N) is 2.